The van der Waals surface area contributed by atoms with Gasteiger partial charge in [0.15, 0.2) is 0 Å². The van der Waals surface area contributed by atoms with E-state index in [1.807, 2.05) is 22.6 Å². The standard InChI is InChI=1S/C20H26F3IO5/c1-27-17(25)13-9-4-3-8-12-16(14-24)29-18(26)19(28-2,20(21,22)23)15-10-6-5-7-11-15/h5-7,10-11,16H,3-4,8-9,12-14H2,1-2H3/t16-,19+/m0/s1. The minimum atomic E-state index is -4.98. The molecule has 0 unspecified atom stereocenters. The van der Waals surface area contributed by atoms with Crippen molar-refractivity contribution in [2.75, 3.05) is 18.6 Å². The maximum Gasteiger partial charge on any atom is 0.432 e. The van der Waals surface area contributed by atoms with E-state index in [1.54, 1.807) is 6.07 Å². The Labute approximate surface area is 182 Å². The second-order valence-corrected chi connectivity index (χ2v) is 7.34. The van der Waals surface area contributed by atoms with Gasteiger partial charge in [0.25, 0.3) is 5.60 Å². The van der Waals surface area contributed by atoms with E-state index in [1.165, 1.54) is 31.4 Å². The molecule has 0 fully saturated rings. The minimum Gasteiger partial charge on any atom is -0.469 e. The van der Waals surface area contributed by atoms with Crippen molar-refractivity contribution in [2.45, 2.75) is 56.4 Å². The molecule has 0 aliphatic heterocycles. The highest BCUT2D eigenvalue weighted by Gasteiger charge is 2.64. The van der Waals surface area contributed by atoms with Crippen LogP contribution in [0.5, 0.6) is 0 Å². The molecule has 1 aromatic carbocycles. The molecule has 0 saturated heterocycles. The fraction of sp³-hybridized carbons (Fsp3) is 0.600. The Hall–Kier alpha value is -1.36. The molecule has 164 valence electrons. The molecule has 0 saturated carbocycles. The van der Waals surface area contributed by atoms with Gasteiger partial charge in [-0.15, -0.1) is 0 Å². The predicted octanol–water partition coefficient (Wildman–Crippen LogP) is 4.95. The zero-order chi connectivity index (χ0) is 21.9. The van der Waals surface area contributed by atoms with Gasteiger partial charge in [-0.2, -0.15) is 13.2 Å². The second-order valence-electron chi connectivity index (χ2n) is 6.46. The van der Waals surface area contributed by atoms with E-state index in [4.69, 9.17) is 9.47 Å². The van der Waals surface area contributed by atoms with E-state index >= 15 is 0 Å². The highest BCUT2D eigenvalue weighted by Crippen LogP contribution is 2.43. The van der Waals surface area contributed by atoms with E-state index in [2.05, 4.69) is 4.74 Å². The molecule has 0 N–H and O–H groups in total. The number of halogens is 4. The van der Waals surface area contributed by atoms with Crippen LogP contribution in [-0.2, 0) is 29.4 Å². The minimum absolute atomic E-state index is 0.270. The van der Waals surface area contributed by atoms with Gasteiger partial charge in [0.2, 0.25) is 0 Å². The van der Waals surface area contributed by atoms with Crippen LogP contribution in [0.1, 0.15) is 44.1 Å². The summed E-state index contributed by atoms with van der Waals surface area (Å²) in [5, 5.41) is 0. The predicted molar refractivity (Wildman–Crippen MR) is 110 cm³/mol. The molecule has 1 rings (SSSR count). The first-order valence-electron chi connectivity index (χ1n) is 9.24. The van der Waals surface area contributed by atoms with E-state index in [-0.39, 0.29) is 11.5 Å². The molecule has 0 aliphatic carbocycles. The van der Waals surface area contributed by atoms with Gasteiger partial charge in [0, 0.05) is 23.5 Å². The smallest absolute Gasteiger partial charge is 0.432 e. The lowest BCUT2D eigenvalue weighted by Crippen LogP contribution is -2.52. The summed E-state index contributed by atoms with van der Waals surface area (Å²) in [7, 11) is 2.18. The van der Waals surface area contributed by atoms with Crippen LogP contribution >= 0.6 is 22.6 Å². The highest BCUT2D eigenvalue weighted by molar-refractivity contribution is 14.1. The fourth-order valence-electron chi connectivity index (χ4n) is 2.89. The van der Waals surface area contributed by atoms with Crippen molar-refractivity contribution >= 4 is 34.5 Å². The maximum atomic E-state index is 13.9. The van der Waals surface area contributed by atoms with Crippen molar-refractivity contribution in [2.24, 2.45) is 0 Å². The van der Waals surface area contributed by atoms with Gasteiger partial charge in [-0.05, 0) is 19.3 Å². The lowest BCUT2D eigenvalue weighted by Gasteiger charge is -2.33. The molecule has 0 radical (unpaired) electrons. The number of rotatable bonds is 12. The number of unbranched alkanes of at least 4 members (excludes halogenated alkanes) is 3. The normalized spacial score (nSPS) is 14.7. The summed E-state index contributed by atoms with van der Waals surface area (Å²) in [4.78, 5) is 23.7. The lowest BCUT2D eigenvalue weighted by atomic mass is 9.92. The molecule has 0 heterocycles. The molecule has 9 heteroatoms. The number of hydrogen-bond donors (Lipinski definition) is 0. The monoisotopic (exact) mass is 530 g/mol. The quantitative estimate of drug-likeness (QED) is 0.166. The van der Waals surface area contributed by atoms with Crippen molar-refractivity contribution in [1.29, 1.82) is 0 Å². The van der Waals surface area contributed by atoms with Crippen molar-refractivity contribution < 1.29 is 37.0 Å². The third-order valence-electron chi connectivity index (χ3n) is 4.50. The van der Waals surface area contributed by atoms with Crippen LogP contribution in [0.3, 0.4) is 0 Å². The third kappa shape index (κ3) is 7.13. The summed E-state index contributed by atoms with van der Waals surface area (Å²) < 4.78 is 56.6. The molecular weight excluding hydrogens is 504 g/mol. The summed E-state index contributed by atoms with van der Waals surface area (Å²) in [5.74, 6) is -1.74. The molecule has 0 aliphatic rings. The zero-order valence-electron chi connectivity index (χ0n) is 16.5. The Kier molecular flexibility index (Phi) is 10.9. The van der Waals surface area contributed by atoms with Crippen LogP contribution in [-0.4, -0.2) is 42.9 Å². The number of ether oxygens (including phenoxy) is 3. The number of alkyl halides is 4. The van der Waals surface area contributed by atoms with Gasteiger partial charge >= 0.3 is 18.1 Å². The number of esters is 2. The van der Waals surface area contributed by atoms with Gasteiger partial charge < -0.3 is 14.2 Å². The average molecular weight is 530 g/mol. The van der Waals surface area contributed by atoms with Crippen LogP contribution < -0.4 is 0 Å². The van der Waals surface area contributed by atoms with Gasteiger partial charge in [-0.1, -0.05) is 65.8 Å². The molecule has 5 nitrogen and oxygen atoms in total. The van der Waals surface area contributed by atoms with Crippen molar-refractivity contribution in [3.05, 3.63) is 35.9 Å². The SMILES string of the molecule is COC(=O)CCCCCC[C@@H](CI)OC(=O)[C@](OC)(c1ccccc1)C(F)(F)F. The van der Waals surface area contributed by atoms with E-state index in [0.29, 0.717) is 30.1 Å². The number of carbonyl (C=O) groups excluding carboxylic acids is 2. The fourth-order valence-corrected chi connectivity index (χ4v) is 3.51. The van der Waals surface area contributed by atoms with Crippen LogP contribution in [0.25, 0.3) is 0 Å². The first kappa shape index (κ1) is 25.7. The second kappa shape index (κ2) is 12.4. The lowest BCUT2D eigenvalue weighted by molar-refractivity contribution is -0.278. The Balaban J connectivity index is 2.74. The highest BCUT2D eigenvalue weighted by atomic mass is 127. The Morgan fingerprint density at radius 2 is 1.66 bits per heavy atom. The van der Waals surface area contributed by atoms with E-state index in [9.17, 15) is 22.8 Å². The van der Waals surface area contributed by atoms with Crippen molar-refractivity contribution in [3.63, 3.8) is 0 Å². The number of methoxy groups -OCH3 is 2. The number of benzene rings is 1. The van der Waals surface area contributed by atoms with Gasteiger partial charge in [0.1, 0.15) is 6.10 Å². The summed E-state index contributed by atoms with van der Waals surface area (Å²) >= 11 is 1.98. The van der Waals surface area contributed by atoms with Crippen LogP contribution in [0, 0.1) is 0 Å². The summed E-state index contributed by atoms with van der Waals surface area (Å²) in [6.07, 6.45) is -1.98. The summed E-state index contributed by atoms with van der Waals surface area (Å²) in [5.41, 5.74) is -3.49. The molecule has 0 amide bonds. The van der Waals surface area contributed by atoms with Crippen LogP contribution in [0.15, 0.2) is 30.3 Å². The molecule has 29 heavy (non-hydrogen) atoms. The molecule has 1 aromatic rings. The summed E-state index contributed by atoms with van der Waals surface area (Å²) in [6, 6.07) is 6.76. The third-order valence-corrected chi connectivity index (χ3v) is 5.49. The van der Waals surface area contributed by atoms with E-state index < -0.39 is 23.9 Å². The van der Waals surface area contributed by atoms with Crippen molar-refractivity contribution in [3.8, 4) is 0 Å². The van der Waals surface area contributed by atoms with Crippen LogP contribution in [0.4, 0.5) is 13.2 Å². The van der Waals surface area contributed by atoms with Crippen LogP contribution in [0.2, 0.25) is 0 Å². The Morgan fingerprint density at radius 1 is 1.03 bits per heavy atom. The van der Waals surface area contributed by atoms with Gasteiger partial charge in [0.05, 0.1) is 7.11 Å². The Morgan fingerprint density at radius 3 is 2.17 bits per heavy atom. The molecule has 0 spiro atoms. The Bertz CT molecular complexity index is 639. The maximum absolute atomic E-state index is 13.9. The van der Waals surface area contributed by atoms with Gasteiger partial charge in [-0.25, -0.2) is 4.79 Å². The largest absolute Gasteiger partial charge is 0.469 e. The zero-order valence-corrected chi connectivity index (χ0v) is 18.6. The average Bonchev–Trinajstić information content (AvgIpc) is 2.70. The molecule has 0 aromatic heterocycles. The first-order chi connectivity index (χ1) is 13.7. The number of hydrogen-bond acceptors (Lipinski definition) is 5. The first-order valence-corrected chi connectivity index (χ1v) is 10.8. The topological polar surface area (TPSA) is 61.8 Å². The number of carbonyl (C=O) groups is 2. The van der Waals surface area contributed by atoms with Gasteiger partial charge in [-0.3, -0.25) is 4.79 Å². The summed E-state index contributed by atoms with van der Waals surface area (Å²) in [6.45, 7) is 0. The molecule has 0 bridgehead atoms. The molecular formula is C20H26F3IO5. The molecule has 2 atom stereocenters. The van der Waals surface area contributed by atoms with E-state index in [0.717, 1.165) is 20.0 Å². The van der Waals surface area contributed by atoms with Crippen molar-refractivity contribution in [1.82, 2.24) is 0 Å².